The molecule has 9 heteroatoms. The average molecular weight is 405 g/mol. The van der Waals surface area contributed by atoms with Gasteiger partial charge < -0.3 is 24.6 Å². The maximum Gasteiger partial charge on any atom is 0.407 e. The summed E-state index contributed by atoms with van der Waals surface area (Å²) in [5.74, 6) is 5.62. The van der Waals surface area contributed by atoms with Crippen molar-refractivity contribution in [3.8, 4) is 18.0 Å². The predicted octanol–water partition coefficient (Wildman–Crippen LogP) is 1.70. The van der Waals surface area contributed by atoms with Gasteiger partial charge in [0.1, 0.15) is 12.1 Å². The minimum atomic E-state index is -0.582. The smallest absolute Gasteiger partial charge is 0.407 e. The van der Waals surface area contributed by atoms with Crippen molar-refractivity contribution in [2.45, 2.75) is 59.1 Å². The lowest BCUT2D eigenvalue weighted by Crippen LogP contribution is -2.55. The molecule has 0 unspecified atom stereocenters. The molecule has 1 saturated heterocycles. The topological polar surface area (TPSA) is 107 Å². The van der Waals surface area contributed by atoms with Gasteiger partial charge >= 0.3 is 12.1 Å². The second kappa shape index (κ2) is 11.8. The molecule has 0 aromatic carbocycles. The number of carbonyl (C=O) groups excluding carboxylic acids is 2. The molecule has 0 aromatic rings. The molecule has 1 aliphatic heterocycles. The van der Waals surface area contributed by atoms with Gasteiger partial charge in [-0.15, -0.1) is 10.9 Å². The highest BCUT2D eigenvalue weighted by Gasteiger charge is 2.29. The molecular formula is C20H31N5O4. The molecule has 0 bridgehead atoms. The second-order valence-corrected chi connectivity index (χ2v) is 7.53. The van der Waals surface area contributed by atoms with Gasteiger partial charge in [0.2, 0.25) is 12.2 Å². The summed E-state index contributed by atoms with van der Waals surface area (Å²) in [6.07, 6.45) is 2.89. The highest BCUT2D eigenvalue weighted by molar-refractivity contribution is 5.85. The van der Waals surface area contributed by atoms with Crippen molar-refractivity contribution in [2.75, 3.05) is 32.8 Å². The number of nitriles is 1. The highest BCUT2D eigenvalue weighted by atomic mass is 16.6. The Bertz CT molecular complexity index is 696. The van der Waals surface area contributed by atoms with E-state index in [0.717, 1.165) is 12.8 Å². The third-order valence-corrected chi connectivity index (χ3v) is 3.93. The standard InChI is InChI=1S/C20H31N5O4/c1-6-8-11-25(14-17(26)28-7-2)18(22-15-21)24-12-9-10-16(13-24)23-19(27)29-20(3,4)5/h16H,7,9-14H2,1-5H3,(H,23,27)/t16-/m1/s1. The van der Waals surface area contributed by atoms with Crippen LogP contribution in [0.2, 0.25) is 0 Å². The second-order valence-electron chi connectivity index (χ2n) is 7.53. The highest BCUT2D eigenvalue weighted by Crippen LogP contribution is 2.14. The van der Waals surface area contributed by atoms with E-state index in [0.29, 0.717) is 19.0 Å². The molecule has 0 radical (unpaired) electrons. The largest absolute Gasteiger partial charge is 0.465 e. The Morgan fingerprint density at radius 2 is 2.10 bits per heavy atom. The van der Waals surface area contributed by atoms with E-state index in [-0.39, 0.29) is 25.7 Å². The number of rotatable bonds is 5. The number of alkyl carbamates (subject to hydrolysis) is 1. The fourth-order valence-corrected chi connectivity index (χ4v) is 2.87. The Labute approximate surface area is 173 Å². The summed E-state index contributed by atoms with van der Waals surface area (Å²) in [6, 6.07) is -0.163. The molecule has 9 nitrogen and oxygen atoms in total. The lowest BCUT2D eigenvalue weighted by Gasteiger charge is -2.38. The van der Waals surface area contributed by atoms with Gasteiger partial charge in [-0.25, -0.2) is 4.79 Å². The van der Waals surface area contributed by atoms with Crippen LogP contribution in [0.3, 0.4) is 0 Å². The van der Waals surface area contributed by atoms with E-state index in [2.05, 4.69) is 22.2 Å². The van der Waals surface area contributed by atoms with Crippen LogP contribution in [0.5, 0.6) is 0 Å². The molecule has 0 aliphatic carbocycles. The van der Waals surface area contributed by atoms with Gasteiger partial charge in [-0.1, -0.05) is 5.92 Å². The van der Waals surface area contributed by atoms with E-state index in [1.807, 2.05) is 4.90 Å². The normalized spacial score (nSPS) is 16.8. The molecule has 1 aliphatic rings. The molecule has 1 amide bonds. The lowest BCUT2D eigenvalue weighted by molar-refractivity contribution is -0.143. The molecule has 0 aromatic heterocycles. The number of carbonyl (C=O) groups is 2. The molecule has 1 heterocycles. The SMILES string of the molecule is CC#CCN(CC(=O)OCC)C(=NC#N)N1CCC[C@@H](NC(=O)OC(C)(C)C)C1. The Hall–Kier alpha value is -2.94. The quantitative estimate of drug-likeness (QED) is 0.244. The summed E-state index contributed by atoms with van der Waals surface area (Å²) in [6.45, 7) is 10.4. The van der Waals surface area contributed by atoms with Gasteiger partial charge in [0.25, 0.3) is 0 Å². The van der Waals surface area contributed by atoms with Crippen molar-refractivity contribution in [3.05, 3.63) is 0 Å². The van der Waals surface area contributed by atoms with Crippen molar-refractivity contribution >= 4 is 18.0 Å². The Morgan fingerprint density at radius 1 is 1.38 bits per heavy atom. The number of likely N-dealkylation sites (tertiary alicyclic amines) is 1. The maximum absolute atomic E-state index is 12.1. The fraction of sp³-hybridized carbons (Fsp3) is 0.700. The van der Waals surface area contributed by atoms with Crippen molar-refractivity contribution in [1.29, 1.82) is 5.26 Å². The van der Waals surface area contributed by atoms with Crippen LogP contribution in [0, 0.1) is 23.3 Å². The lowest BCUT2D eigenvalue weighted by atomic mass is 10.1. The van der Waals surface area contributed by atoms with Gasteiger partial charge in [0, 0.05) is 19.1 Å². The van der Waals surface area contributed by atoms with Crippen LogP contribution in [0.1, 0.15) is 47.5 Å². The van der Waals surface area contributed by atoms with Crippen LogP contribution in [0.15, 0.2) is 4.99 Å². The van der Waals surface area contributed by atoms with Crippen LogP contribution < -0.4 is 5.32 Å². The third kappa shape index (κ3) is 9.20. The Morgan fingerprint density at radius 3 is 2.69 bits per heavy atom. The summed E-state index contributed by atoms with van der Waals surface area (Å²) >= 11 is 0. The summed E-state index contributed by atoms with van der Waals surface area (Å²) in [5.41, 5.74) is -0.582. The van der Waals surface area contributed by atoms with E-state index >= 15 is 0 Å². The number of hydrogen-bond donors (Lipinski definition) is 1. The number of nitrogens with zero attached hydrogens (tertiary/aromatic N) is 4. The minimum Gasteiger partial charge on any atom is -0.465 e. The first-order valence-corrected chi connectivity index (χ1v) is 9.71. The number of guanidine groups is 1. The summed E-state index contributed by atoms with van der Waals surface area (Å²) in [4.78, 5) is 31.5. The number of esters is 1. The van der Waals surface area contributed by atoms with Crippen LogP contribution in [-0.4, -0.2) is 72.3 Å². The molecule has 1 rings (SSSR count). The van der Waals surface area contributed by atoms with Crippen molar-refractivity contribution in [2.24, 2.45) is 4.99 Å². The summed E-state index contributed by atoms with van der Waals surface area (Å²) in [5, 5.41) is 12.1. The van der Waals surface area contributed by atoms with Gasteiger partial charge in [-0.3, -0.25) is 4.79 Å². The molecule has 1 fully saturated rings. The molecule has 0 spiro atoms. The van der Waals surface area contributed by atoms with Gasteiger partial charge in [0.15, 0.2) is 0 Å². The van der Waals surface area contributed by atoms with E-state index in [1.165, 1.54) is 0 Å². The summed E-state index contributed by atoms with van der Waals surface area (Å²) < 4.78 is 10.4. The van der Waals surface area contributed by atoms with Gasteiger partial charge in [0.05, 0.1) is 13.2 Å². The minimum absolute atomic E-state index is 0.0658. The number of piperidine rings is 1. The van der Waals surface area contributed by atoms with E-state index in [4.69, 9.17) is 9.47 Å². The molecular weight excluding hydrogens is 374 g/mol. The van der Waals surface area contributed by atoms with Crippen molar-refractivity contribution in [3.63, 3.8) is 0 Å². The Balaban J connectivity index is 2.92. The first-order valence-electron chi connectivity index (χ1n) is 9.71. The van der Waals surface area contributed by atoms with Crippen LogP contribution in [-0.2, 0) is 14.3 Å². The zero-order valence-corrected chi connectivity index (χ0v) is 17.9. The van der Waals surface area contributed by atoms with Gasteiger partial charge in [-0.05, 0) is 47.5 Å². The number of hydrogen-bond acceptors (Lipinski definition) is 6. The van der Waals surface area contributed by atoms with Crippen molar-refractivity contribution in [1.82, 2.24) is 15.1 Å². The predicted molar refractivity (Wildman–Crippen MR) is 109 cm³/mol. The monoisotopic (exact) mass is 405 g/mol. The Kier molecular flexibility index (Phi) is 9.81. The fourth-order valence-electron chi connectivity index (χ4n) is 2.87. The zero-order chi connectivity index (χ0) is 21.9. The molecule has 1 N–H and O–H groups in total. The number of ether oxygens (including phenoxy) is 2. The summed E-state index contributed by atoms with van der Waals surface area (Å²) in [7, 11) is 0. The van der Waals surface area contributed by atoms with Crippen LogP contribution >= 0.6 is 0 Å². The molecule has 0 saturated carbocycles. The molecule has 29 heavy (non-hydrogen) atoms. The molecule has 1 atom stereocenters. The average Bonchev–Trinajstić information content (AvgIpc) is 2.62. The number of amides is 1. The van der Waals surface area contributed by atoms with E-state index in [9.17, 15) is 14.9 Å². The third-order valence-electron chi connectivity index (χ3n) is 3.93. The van der Waals surface area contributed by atoms with E-state index in [1.54, 1.807) is 45.7 Å². The first-order chi connectivity index (χ1) is 13.7. The first kappa shape index (κ1) is 24.1. The number of aliphatic imine (C=N–C) groups is 1. The number of nitrogens with one attached hydrogen (secondary N) is 1. The maximum atomic E-state index is 12.1. The zero-order valence-electron chi connectivity index (χ0n) is 17.9. The van der Waals surface area contributed by atoms with Crippen LogP contribution in [0.25, 0.3) is 0 Å². The van der Waals surface area contributed by atoms with Crippen LogP contribution in [0.4, 0.5) is 4.79 Å². The molecule has 160 valence electrons. The van der Waals surface area contributed by atoms with Crippen molar-refractivity contribution < 1.29 is 19.1 Å². The van der Waals surface area contributed by atoms with E-state index < -0.39 is 17.7 Å². The van der Waals surface area contributed by atoms with Gasteiger partial charge in [-0.2, -0.15) is 5.26 Å².